The summed E-state index contributed by atoms with van der Waals surface area (Å²) in [6.07, 6.45) is 1.93. The Morgan fingerprint density at radius 2 is 1.91 bits per heavy atom. The van der Waals surface area contributed by atoms with E-state index in [1.807, 2.05) is 74.2 Å². The number of hydrogen-bond donors (Lipinski definition) is 2. The molecule has 0 unspecified atom stereocenters. The third kappa shape index (κ3) is 6.76. The first kappa shape index (κ1) is 31.5. The molecule has 0 aliphatic heterocycles. The average Bonchev–Trinajstić information content (AvgIpc) is 3.65. The lowest BCUT2D eigenvalue weighted by Gasteiger charge is -2.26. The number of aryl methyl sites for hydroxylation is 1. The van der Waals surface area contributed by atoms with Crippen molar-refractivity contribution in [1.82, 2.24) is 29.6 Å². The van der Waals surface area contributed by atoms with Crippen LogP contribution in [0.2, 0.25) is 0 Å². The van der Waals surface area contributed by atoms with Gasteiger partial charge in [-0.2, -0.15) is 0 Å². The maximum Gasteiger partial charge on any atom is 0.291 e. The van der Waals surface area contributed by atoms with Gasteiger partial charge in [0.25, 0.3) is 6.43 Å². The first-order valence-corrected chi connectivity index (χ1v) is 14.7. The lowest BCUT2D eigenvalue weighted by atomic mass is 10.1. The number of anilines is 4. The third-order valence-corrected chi connectivity index (χ3v) is 8.06. The number of carbonyl (C=O) groups excluding carboxylic acids is 1. The van der Waals surface area contributed by atoms with Gasteiger partial charge >= 0.3 is 0 Å². The standard InChI is InChI=1S/C31H33F2N9O2S/c1-7-26(43)35-21-14-22(25(44-6)15-24(21)41(4)13-12-40(2)3)36-31-34-16-19(29-38-39-30(45-29)28(32)33)27(37-31)20-17-42(5)23-11-9-8-10-18(20)23/h7-11,14-17,28H,1,12-13H2,2-6H3,(H,35,43)(H,34,36,37). The minimum Gasteiger partial charge on any atom is -0.494 e. The van der Waals surface area contributed by atoms with Crippen LogP contribution in [0.4, 0.5) is 31.8 Å². The van der Waals surface area contributed by atoms with Gasteiger partial charge in [-0.3, -0.25) is 4.79 Å². The van der Waals surface area contributed by atoms with Crippen molar-refractivity contribution < 1.29 is 18.3 Å². The van der Waals surface area contributed by atoms with Crippen LogP contribution in [-0.2, 0) is 11.8 Å². The predicted molar refractivity (Wildman–Crippen MR) is 175 cm³/mol. The maximum absolute atomic E-state index is 13.4. The number of halogens is 2. The number of nitrogens with zero attached hydrogens (tertiary/aromatic N) is 7. The fraction of sp³-hybridized carbons (Fsp3) is 0.258. The van der Waals surface area contributed by atoms with Gasteiger partial charge in [0.05, 0.1) is 35.4 Å². The number of ether oxygens (including phenoxy) is 1. The van der Waals surface area contributed by atoms with Crippen molar-refractivity contribution in [2.45, 2.75) is 6.43 Å². The van der Waals surface area contributed by atoms with Crippen LogP contribution < -0.4 is 20.3 Å². The second-order valence-electron chi connectivity index (χ2n) is 10.5. The molecule has 0 fully saturated rings. The van der Waals surface area contributed by atoms with Crippen LogP contribution >= 0.6 is 11.3 Å². The summed E-state index contributed by atoms with van der Waals surface area (Å²) in [6, 6.07) is 11.4. The van der Waals surface area contributed by atoms with Gasteiger partial charge in [0.2, 0.25) is 11.9 Å². The lowest BCUT2D eigenvalue weighted by Crippen LogP contribution is -2.29. The van der Waals surface area contributed by atoms with E-state index in [1.165, 1.54) is 6.08 Å². The zero-order chi connectivity index (χ0) is 32.2. The lowest BCUT2D eigenvalue weighted by molar-refractivity contribution is -0.111. The Hall–Kier alpha value is -4.95. The van der Waals surface area contributed by atoms with Crippen molar-refractivity contribution in [3.63, 3.8) is 0 Å². The number of aromatic nitrogens is 5. The summed E-state index contributed by atoms with van der Waals surface area (Å²) in [5, 5.41) is 14.6. The highest BCUT2D eigenvalue weighted by Crippen LogP contribution is 2.41. The molecule has 3 aromatic heterocycles. The van der Waals surface area contributed by atoms with Crippen LogP contribution in [0.15, 0.2) is 61.4 Å². The van der Waals surface area contributed by atoms with Gasteiger partial charge in [-0.1, -0.05) is 36.1 Å². The molecule has 5 aromatic rings. The number of rotatable bonds is 12. The number of methoxy groups -OCH3 is 1. The van der Waals surface area contributed by atoms with Crippen LogP contribution in [-0.4, -0.2) is 76.9 Å². The average molecular weight is 634 g/mol. The summed E-state index contributed by atoms with van der Waals surface area (Å²) in [4.78, 5) is 25.8. The van der Waals surface area contributed by atoms with Crippen molar-refractivity contribution in [2.75, 3.05) is 56.9 Å². The van der Waals surface area contributed by atoms with E-state index in [1.54, 1.807) is 19.4 Å². The summed E-state index contributed by atoms with van der Waals surface area (Å²) >= 11 is 0.795. The Bertz CT molecular complexity index is 1850. The van der Waals surface area contributed by atoms with E-state index in [9.17, 15) is 13.6 Å². The smallest absolute Gasteiger partial charge is 0.291 e. The van der Waals surface area contributed by atoms with Gasteiger partial charge in [-0.25, -0.2) is 18.7 Å². The van der Waals surface area contributed by atoms with Crippen molar-refractivity contribution in [3.05, 3.63) is 66.5 Å². The Labute approximate surface area is 263 Å². The normalized spacial score (nSPS) is 11.3. The quantitative estimate of drug-likeness (QED) is 0.161. The second kappa shape index (κ2) is 13.4. The van der Waals surface area contributed by atoms with E-state index in [-0.39, 0.29) is 21.9 Å². The van der Waals surface area contributed by atoms with E-state index in [0.29, 0.717) is 34.9 Å². The summed E-state index contributed by atoms with van der Waals surface area (Å²) < 4.78 is 34.5. The Balaban J connectivity index is 1.62. The zero-order valence-corrected chi connectivity index (χ0v) is 26.3. The molecule has 5 rings (SSSR count). The summed E-state index contributed by atoms with van der Waals surface area (Å²) in [7, 11) is 9.38. The fourth-order valence-electron chi connectivity index (χ4n) is 4.79. The number of carbonyl (C=O) groups is 1. The highest BCUT2D eigenvalue weighted by atomic mass is 32.1. The number of alkyl halides is 2. The minimum atomic E-state index is -2.74. The topological polar surface area (TPSA) is 113 Å². The number of para-hydroxylation sites is 1. The Kier molecular flexibility index (Phi) is 9.34. The van der Waals surface area contributed by atoms with Crippen molar-refractivity contribution in [3.8, 4) is 27.6 Å². The predicted octanol–water partition coefficient (Wildman–Crippen LogP) is 5.97. The summed E-state index contributed by atoms with van der Waals surface area (Å²) in [5.74, 6) is 0.337. The highest BCUT2D eigenvalue weighted by molar-refractivity contribution is 7.14. The SMILES string of the molecule is C=CC(=O)Nc1cc(Nc2ncc(-c3nnc(C(F)F)s3)c(-c3cn(C)c4ccccc34)n2)c(OC)cc1N(C)CCN(C)C. The van der Waals surface area contributed by atoms with Crippen LogP contribution in [0.25, 0.3) is 32.7 Å². The minimum absolute atomic E-state index is 0.216. The summed E-state index contributed by atoms with van der Waals surface area (Å²) in [5.41, 5.74) is 4.46. The second-order valence-corrected chi connectivity index (χ2v) is 11.5. The van der Waals surface area contributed by atoms with Crippen molar-refractivity contribution in [1.29, 1.82) is 0 Å². The largest absolute Gasteiger partial charge is 0.494 e. The molecule has 14 heteroatoms. The third-order valence-electron chi connectivity index (χ3n) is 7.10. The zero-order valence-electron chi connectivity index (χ0n) is 25.5. The number of fused-ring (bicyclic) bond motifs is 1. The molecule has 234 valence electrons. The van der Waals surface area contributed by atoms with Crippen molar-refractivity contribution >= 4 is 51.2 Å². The number of hydrogen-bond acceptors (Lipinski definition) is 10. The first-order chi connectivity index (χ1) is 21.6. The Morgan fingerprint density at radius 1 is 1.13 bits per heavy atom. The molecule has 3 heterocycles. The van der Waals surface area contributed by atoms with Crippen LogP contribution in [0, 0.1) is 0 Å². The first-order valence-electron chi connectivity index (χ1n) is 13.9. The van der Waals surface area contributed by atoms with E-state index >= 15 is 0 Å². The molecule has 0 saturated carbocycles. The fourth-order valence-corrected chi connectivity index (χ4v) is 5.50. The number of amides is 1. The van der Waals surface area contributed by atoms with Gasteiger partial charge in [-0.05, 0) is 32.3 Å². The van der Waals surface area contributed by atoms with Gasteiger partial charge in [0.1, 0.15) is 5.75 Å². The molecule has 0 spiro atoms. The molecule has 11 nitrogen and oxygen atoms in total. The van der Waals surface area contributed by atoms with E-state index in [0.717, 1.165) is 40.0 Å². The Morgan fingerprint density at radius 3 is 2.60 bits per heavy atom. The maximum atomic E-state index is 13.4. The number of likely N-dealkylation sites (N-methyl/N-ethyl adjacent to an activating group) is 2. The van der Waals surface area contributed by atoms with Gasteiger partial charge in [-0.15, -0.1) is 10.2 Å². The van der Waals surface area contributed by atoms with Crippen molar-refractivity contribution in [2.24, 2.45) is 7.05 Å². The molecule has 0 saturated heterocycles. The molecule has 0 radical (unpaired) electrons. The van der Waals surface area contributed by atoms with Crippen LogP contribution in [0.3, 0.4) is 0 Å². The molecule has 0 aliphatic rings. The molecule has 1 amide bonds. The molecule has 0 atom stereocenters. The highest BCUT2D eigenvalue weighted by Gasteiger charge is 2.23. The van der Waals surface area contributed by atoms with Crippen LogP contribution in [0.1, 0.15) is 11.4 Å². The van der Waals surface area contributed by atoms with E-state index < -0.39 is 6.43 Å². The van der Waals surface area contributed by atoms with E-state index in [2.05, 4.69) is 37.3 Å². The molecule has 0 bridgehead atoms. The van der Waals surface area contributed by atoms with Gasteiger partial charge in [0.15, 0.2) is 10.0 Å². The molecule has 45 heavy (non-hydrogen) atoms. The monoisotopic (exact) mass is 633 g/mol. The molecular weight excluding hydrogens is 600 g/mol. The summed E-state index contributed by atoms with van der Waals surface area (Å²) in [6.45, 7) is 5.06. The number of nitrogens with one attached hydrogen (secondary N) is 2. The van der Waals surface area contributed by atoms with Crippen LogP contribution in [0.5, 0.6) is 5.75 Å². The van der Waals surface area contributed by atoms with Gasteiger partial charge < -0.3 is 29.7 Å². The number of benzene rings is 2. The molecule has 2 N–H and O–H groups in total. The molecular formula is C31H33F2N9O2S. The molecule has 0 aliphatic carbocycles. The van der Waals surface area contributed by atoms with E-state index in [4.69, 9.17) is 9.72 Å². The molecule has 2 aromatic carbocycles. The van der Waals surface area contributed by atoms with Gasteiger partial charge in [0, 0.05) is 62.1 Å².